The molecule has 0 N–H and O–H groups in total. The van der Waals surface area contributed by atoms with Gasteiger partial charge in [-0.15, -0.1) is 0 Å². The first kappa shape index (κ1) is 34.5. The Morgan fingerprint density at radius 1 is 0.220 bits per heavy atom. The van der Waals surface area contributed by atoms with E-state index in [0.717, 1.165) is 17.1 Å². The largest absolute Gasteiger partial charge is 0.310 e. The third-order valence-electron chi connectivity index (χ3n) is 11.8. The first-order chi connectivity index (χ1) is 29.2. The fourth-order valence-electron chi connectivity index (χ4n) is 8.90. The van der Waals surface area contributed by atoms with Gasteiger partial charge in [-0.25, -0.2) is 0 Å². The third-order valence-corrected chi connectivity index (χ3v) is 11.8. The van der Waals surface area contributed by atoms with Crippen molar-refractivity contribution in [3.8, 4) is 44.5 Å². The molecule has 0 heterocycles. The minimum atomic E-state index is 1.09. The summed E-state index contributed by atoms with van der Waals surface area (Å²) in [6.07, 6.45) is 0. The van der Waals surface area contributed by atoms with Crippen LogP contribution in [-0.2, 0) is 0 Å². The van der Waals surface area contributed by atoms with Gasteiger partial charge in [-0.3, -0.25) is 0 Å². The summed E-state index contributed by atoms with van der Waals surface area (Å²) in [5.74, 6) is 0. The molecule has 0 saturated carbocycles. The molecule has 0 spiro atoms. The smallest absolute Gasteiger partial charge is 0.0546 e. The lowest BCUT2D eigenvalue weighted by Crippen LogP contribution is -2.11. The van der Waals surface area contributed by atoms with Gasteiger partial charge in [-0.1, -0.05) is 200 Å². The third kappa shape index (κ3) is 6.30. The van der Waals surface area contributed by atoms with Crippen molar-refractivity contribution in [1.82, 2.24) is 0 Å². The highest BCUT2D eigenvalue weighted by atomic mass is 15.1. The second-order valence-corrected chi connectivity index (χ2v) is 15.3. The van der Waals surface area contributed by atoms with Crippen LogP contribution in [0.25, 0.3) is 87.6 Å². The molecule has 0 atom stereocenters. The first-order valence-corrected chi connectivity index (χ1v) is 20.3. The standard InChI is InChI=1S/C58H39N/c1-2-14-42(15-3-1)54-36-35-50(39-57(54)45-28-26-44(27-29-45)52-24-12-19-43-16-6-8-20-51(43)52)59(58-38-48-18-7-9-21-53(48)55-22-10-11-23-56(55)58)49-33-31-41(32-34-49)47-30-25-40-13-4-5-17-46(40)37-47/h1-39H. The van der Waals surface area contributed by atoms with Crippen LogP contribution < -0.4 is 4.90 Å². The summed E-state index contributed by atoms with van der Waals surface area (Å²) in [6, 6.07) is 86.4. The molecule has 0 saturated heterocycles. The Hall–Kier alpha value is -7.74. The molecule has 0 unspecified atom stereocenters. The van der Waals surface area contributed by atoms with Gasteiger partial charge in [0.15, 0.2) is 0 Å². The Morgan fingerprint density at radius 3 is 1.54 bits per heavy atom. The van der Waals surface area contributed by atoms with Crippen LogP contribution in [0.2, 0.25) is 0 Å². The maximum atomic E-state index is 2.45. The molecule has 0 aromatic heterocycles. The van der Waals surface area contributed by atoms with Crippen molar-refractivity contribution in [2.75, 3.05) is 4.90 Å². The first-order valence-electron chi connectivity index (χ1n) is 20.3. The van der Waals surface area contributed by atoms with Gasteiger partial charge in [-0.05, 0) is 119 Å². The van der Waals surface area contributed by atoms with Crippen LogP contribution in [0.4, 0.5) is 17.1 Å². The number of anilines is 3. The van der Waals surface area contributed by atoms with Gasteiger partial charge in [0.25, 0.3) is 0 Å². The number of benzene rings is 11. The fraction of sp³-hybridized carbons (Fsp3) is 0. The Bertz CT molecular complexity index is 3300. The van der Waals surface area contributed by atoms with Crippen molar-refractivity contribution in [3.63, 3.8) is 0 Å². The molecule has 276 valence electrons. The number of nitrogens with zero attached hydrogens (tertiary/aromatic N) is 1. The van der Waals surface area contributed by atoms with E-state index in [-0.39, 0.29) is 0 Å². The molecule has 0 aliphatic heterocycles. The molecule has 11 rings (SSSR count). The highest BCUT2D eigenvalue weighted by molar-refractivity contribution is 6.14. The molecule has 0 amide bonds. The fourth-order valence-corrected chi connectivity index (χ4v) is 8.90. The molecule has 0 aliphatic rings. The minimum Gasteiger partial charge on any atom is -0.310 e. The topological polar surface area (TPSA) is 3.24 Å². The van der Waals surface area contributed by atoms with Gasteiger partial charge in [0.05, 0.1) is 5.69 Å². The van der Waals surface area contributed by atoms with Crippen LogP contribution in [0.3, 0.4) is 0 Å². The summed E-state index contributed by atoms with van der Waals surface area (Å²) >= 11 is 0. The molecule has 0 radical (unpaired) electrons. The van der Waals surface area contributed by atoms with Crippen LogP contribution in [0.5, 0.6) is 0 Å². The quantitative estimate of drug-likeness (QED) is 0.147. The molecule has 11 aromatic carbocycles. The molecule has 0 aliphatic carbocycles. The zero-order valence-electron chi connectivity index (χ0n) is 32.5. The maximum absolute atomic E-state index is 2.45. The number of hydrogen-bond donors (Lipinski definition) is 0. The van der Waals surface area contributed by atoms with Crippen molar-refractivity contribution >= 4 is 60.2 Å². The molecule has 59 heavy (non-hydrogen) atoms. The average molecular weight is 750 g/mol. The lowest BCUT2D eigenvalue weighted by Gasteiger charge is -2.29. The molecule has 1 heteroatoms. The van der Waals surface area contributed by atoms with E-state index >= 15 is 0 Å². The molecule has 1 nitrogen and oxygen atoms in total. The van der Waals surface area contributed by atoms with Crippen LogP contribution in [0, 0.1) is 0 Å². The predicted octanol–water partition coefficient (Wildman–Crippen LogP) is 16.4. The van der Waals surface area contributed by atoms with Crippen LogP contribution in [0.15, 0.2) is 237 Å². The Kier molecular flexibility index (Phi) is 8.56. The summed E-state index contributed by atoms with van der Waals surface area (Å²) in [4.78, 5) is 2.45. The van der Waals surface area contributed by atoms with Gasteiger partial charge in [-0.2, -0.15) is 0 Å². The monoisotopic (exact) mass is 749 g/mol. The average Bonchev–Trinajstić information content (AvgIpc) is 3.32. The summed E-state index contributed by atoms with van der Waals surface area (Å²) in [5.41, 5.74) is 12.9. The SMILES string of the molecule is c1ccc(-c2ccc(N(c3ccc(-c4ccc5ccccc5c4)cc3)c3cc4ccccc4c4ccccc34)cc2-c2ccc(-c3cccc4ccccc34)cc2)cc1. The second-order valence-electron chi connectivity index (χ2n) is 15.3. The van der Waals surface area contributed by atoms with Crippen molar-refractivity contribution in [2.45, 2.75) is 0 Å². The highest BCUT2D eigenvalue weighted by Gasteiger charge is 2.20. The van der Waals surface area contributed by atoms with Gasteiger partial charge in [0.2, 0.25) is 0 Å². The molecule has 11 aromatic rings. The van der Waals surface area contributed by atoms with E-state index in [1.54, 1.807) is 0 Å². The number of fused-ring (bicyclic) bond motifs is 5. The van der Waals surface area contributed by atoms with Crippen molar-refractivity contribution in [2.24, 2.45) is 0 Å². The number of rotatable bonds is 7. The van der Waals surface area contributed by atoms with Crippen molar-refractivity contribution in [1.29, 1.82) is 0 Å². The zero-order valence-corrected chi connectivity index (χ0v) is 32.5. The maximum Gasteiger partial charge on any atom is 0.0546 e. The van der Waals surface area contributed by atoms with Crippen LogP contribution in [0.1, 0.15) is 0 Å². The summed E-state index contributed by atoms with van der Waals surface area (Å²) in [6.45, 7) is 0. The lowest BCUT2D eigenvalue weighted by atomic mass is 9.91. The normalized spacial score (nSPS) is 11.4. The molecule has 0 fully saturated rings. The van der Waals surface area contributed by atoms with Gasteiger partial charge in [0, 0.05) is 16.8 Å². The molecular weight excluding hydrogens is 711 g/mol. The minimum absolute atomic E-state index is 1.09. The summed E-state index contributed by atoms with van der Waals surface area (Å²) in [7, 11) is 0. The molecular formula is C58H39N. The van der Waals surface area contributed by atoms with E-state index in [2.05, 4.69) is 241 Å². The molecule has 0 bridgehead atoms. The Labute approximate surface area is 344 Å². The van der Waals surface area contributed by atoms with Crippen molar-refractivity contribution < 1.29 is 0 Å². The summed E-state index contributed by atoms with van der Waals surface area (Å²) < 4.78 is 0. The lowest BCUT2D eigenvalue weighted by molar-refractivity contribution is 1.30. The van der Waals surface area contributed by atoms with Crippen molar-refractivity contribution in [3.05, 3.63) is 237 Å². The second kappa shape index (κ2) is 14.6. The zero-order chi connectivity index (χ0) is 39.1. The van der Waals surface area contributed by atoms with E-state index < -0.39 is 0 Å². The van der Waals surface area contributed by atoms with E-state index in [1.165, 1.54) is 87.6 Å². The Morgan fingerprint density at radius 2 is 0.763 bits per heavy atom. The predicted molar refractivity (Wildman–Crippen MR) is 253 cm³/mol. The van der Waals surface area contributed by atoms with Gasteiger partial charge >= 0.3 is 0 Å². The van der Waals surface area contributed by atoms with Gasteiger partial charge < -0.3 is 4.90 Å². The van der Waals surface area contributed by atoms with Gasteiger partial charge in [0.1, 0.15) is 0 Å². The highest BCUT2D eigenvalue weighted by Crippen LogP contribution is 2.45. The van der Waals surface area contributed by atoms with E-state index in [9.17, 15) is 0 Å². The van der Waals surface area contributed by atoms with Crippen LogP contribution in [-0.4, -0.2) is 0 Å². The number of hydrogen-bond acceptors (Lipinski definition) is 1. The summed E-state index contributed by atoms with van der Waals surface area (Å²) in [5, 5.41) is 9.92. The van der Waals surface area contributed by atoms with E-state index in [1.807, 2.05) is 0 Å². The van der Waals surface area contributed by atoms with E-state index in [4.69, 9.17) is 0 Å². The van der Waals surface area contributed by atoms with E-state index in [0.29, 0.717) is 0 Å². The Balaban J connectivity index is 1.10. The van der Waals surface area contributed by atoms with Crippen LogP contribution >= 0.6 is 0 Å².